The van der Waals surface area contributed by atoms with Crippen molar-refractivity contribution in [3.8, 4) is 0 Å². The van der Waals surface area contributed by atoms with Gasteiger partial charge in [0.05, 0.1) is 6.54 Å². The number of benzene rings is 1. The third kappa shape index (κ3) is 3.26. The number of likely N-dealkylation sites (tertiary alicyclic amines) is 1. The third-order valence-electron chi connectivity index (χ3n) is 3.77. The molecular formula is C15H22N4. The minimum Gasteiger partial charge on any atom is -0.352 e. The van der Waals surface area contributed by atoms with Gasteiger partial charge in [0.1, 0.15) is 0 Å². The molecule has 2 heterocycles. The van der Waals surface area contributed by atoms with Crippen LogP contribution in [0.25, 0.3) is 0 Å². The molecule has 2 unspecified atom stereocenters. The van der Waals surface area contributed by atoms with Crippen molar-refractivity contribution in [2.75, 3.05) is 19.6 Å². The fourth-order valence-corrected chi connectivity index (χ4v) is 2.77. The van der Waals surface area contributed by atoms with E-state index in [4.69, 9.17) is 0 Å². The van der Waals surface area contributed by atoms with E-state index < -0.39 is 0 Å². The lowest BCUT2D eigenvalue weighted by molar-refractivity contribution is 0.324. The molecule has 2 N–H and O–H groups in total. The summed E-state index contributed by atoms with van der Waals surface area (Å²) in [5, 5.41) is 6.89. The molecule has 0 spiro atoms. The van der Waals surface area contributed by atoms with Gasteiger partial charge in [-0.25, -0.2) is 0 Å². The van der Waals surface area contributed by atoms with Crippen LogP contribution in [0.2, 0.25) is 0 Å². The Morgan fingerprint density at radius 3 is 2.95 bits per heavy atom. The quantitative estimate of drug-likeness (QED) is 0.856. The molecule has 19 heavy (non-hydrogen) atoms. The maximum atomic E-state index is 4.47. The van der Waals surface area contributed by atoms with Crippen LogP contribution in [0.15, 0.2) is 35.3 Å². The van der Waals surface area contributed by atoms with Gasteiger partial charge in [0.15, 0.2) is 5.96 Å². The van der Waals surface area contributed by atoms with E-state index in [1.54, 1.807) is 0 Å². The van der Waals surface area contributed by atoms with Crippen molar-refractivity contribution in [2.45, 2.75) is 32.0 Å². The third-order valence-corrected chi connectivity index (χ3v) is 3.77. The summed E-state index contributed by atoms with van der Waals surface area (Å²) in [6, 6.07) is 11.7. The van der Waals surface area contributed by atoms with E-state index in [2.05, 4.69) is 57.8 Å². The molecule has 4 heteroatoms. The van der Waals surface area contributed by atoms with Crippen LogP contribution in [0.4, 0.5) is 0 Å². The summed E-state index contributed by atoms with van der Waals surface area (Å²) in [5.74, 6) is 0.985. The zero-order valence-electron chi connectivity index (χ0n) is 11.5. The number of guanidine groups is 1. The van der Waals surface area contributed by atoms with Gasteiger partial charge in [0.25, 0.3) is 0 Å². The lowest BCUT2D eigenvalue weighted by Crippen LogP contribution is -2.44. The largest absolute Gasteiger partial charge is 0.352 e. The topological polar surface area (TPSA) is 39.7 Å². The second-order valence-corrected chi connectivity index (χ2v) is 5.59. The zero-order chi connectivity index (χ0) is 13.1. The summed E-state index contributed by atoms with van der Waals surface area (Å²) in [5.41, 5.74) is 1.40. The molecule has 1 saturated heterocycles. The Labute approximate surface area is 114 Å². The maximum absolute atomic E-state index is 4.47. The standard InChI is InChI=1S/C15H22N4/c1-12-9-16-15(17-12)18-14-7-8-19(11-14)10-13-5-3-2-4-6-13/h2-6,12,14H,7-11H2,1H3,(H2,16,17,18). The number of nitrogens with zero attached hydrogens (tertiary/aromatic N) is 2. The second kappa shape index (κ2) is 5.61. The number of aliphatic imine (C=N–C) groups is 1. The van der Waals surface area contributed by atoms with Crippen LogP contribution in [-0.2, 0) is 6.54 Å². The second-order valence-electron chi connectivity index (χ2n) is 5.59. The van der Waals surface area contributed by atoms with Crippen molar-refractivity contribution in [3.63, 3.8) is 0 Å². The number of nitrogens with one attached hydrogen (secondary N) is 2. The average Bonchev–Trinajstić information content (AvgIpc) is 3.01. The first kappa shape index (κ1) is 12.5. The molecule has 1 fully saturated rings. The van der Waals surface area contributed by atoms with E-state index in [1.165, 1.54) is 12.0 Å². The monoisotopic (exact) mass is 258 g/mol. The SMILES string of the molecule is CC1CN=C(NC2CCN(Cc3ccccc3)C2)N1. The molecule has 1 aromatic rings. The highest BCUT2D eigenvalue weighted by atomic mass is 15.3. The van der Waals surface area contributed by atoms with Crippen molar-refractivity contribution in [1.29, 1.82) is 0 Å². The molecule has 2 atom stereocenters. The first-order chi connectivity index (χ1) is 9.29. The smallest absolute Gasteiger partial charge is 0.191 e. The highest BCUT2D eigenvalue weighted by Gasteiger charge is 2.24. The van der Waals surface area contributed by atoms with E-state index in [0.29, 0.717) is 12.1 Å². The van der Waals surface area contributed by atoms with Crippen LogP contribution in [0.1, 0.15) is 18.9 Å². The molecule has 0 bridgehead atoms. The van der Waals surface area contributed by atoms with Gasteiger partial charge in [0.2, 0.25) is 0 Å². The highest BCUT2D eigenvalue weighted by Crippen LogP contribution is 2.13. The molecule has 3 rings (SSSR count). The Hall–Kier alpha value is -1.55. The molecule has 2 aliphatic heterocycles. The lowest BCUT2D eigenvalue weighted by Gasteiger charge is -2.17. The van der Waals surface area contributed by atoms with Crippen molar-refractivity contribution in [2.24, 2.45) is 4.99 Å². The lowest BCUT2D eigenvalue weighted by atomic mass is 10.2. The summed E-state index contributed by atoms with van der Waals surface area (Å²) in [6.45, 7) is 6.37. The Kier molecular flexibility index (Phi) is 3.69. The Balaban J connectivity index is 1.48. The fraction of sp³-hybridized carbons (Fsp3) is 0.533. The first-order valence-corrected chi connectivity index (χ1v) is 7.13. The highest BCUT2D eigenvalue weighted by molar-refractivity contribution is 5.82. The summed E-state index contributed by atoms with van der Waals surface area (Å²) in [7, 11) is 0. The van der Waals surface area contributed by atoms with Crippen molar-refractivity contribution >= 4 is 5.96 Å². The van der Waals surface area contributed by atoms with Crippen molar-refractivity contribution in [1.82, 2.24) is 15.5 Å². The van der Waals surface area contributed by atoms with E-state index >= 15 is 0 Å². The van der Waals surface area contributed by atoms with Crippen molar-refractivity contribution in [3.05, 3.63) is 35.9 Å². The van der Waals surface area contributed by atoms with Crippen LogP contribution in [0, 0.1) is 0 Å². The van der Waals surface area contributed by atoms with Crippen LogP contribution in [-0.4, -0.2) is 42.6 Å². The Bertz CT molecular complexity index is 443. The summed E-state index contributed by atoms with van der Waals surface area (Å²) < 4.78 is 0. The van der Waals surface area contributed by atoms with Gasteiger partial charge in [0, 0.05) is 31.7 Å². The van der Waals surface area contributed by atoms with Gasteiger partial charge < -0.3 is 10.6 Å². The summed E-state index contributed by atoms with van der Waals surface area (Å²) in [6.07, 6.45) is 1.20. The molecule has 0 aliphatic carbocycles. The van der Waals surface area contributed by atoms with Crippen molar-refractivity contribution < 1.29 is 0 Å². The van der Waals surface area contributed by atoms with Gasteiger partial charge >= 0.3 is 0 Å². The van der Waals surface area contributed by atoms with Crippen LogP contribution < -0.4 is 10.6 Å². The van der Waals surface area contributed by atoms with Gasteiger partial charge in [-0.2, -0.15) is 0 Å². The zero-order valence-corrected chi connectivity index (χ0v) is 11.5. The molecule has 0 amide bonds. The normalized spacial score (nSPS) is 27.1. The maximum Gasteiger partial charge on any atom is 0.191 e. The van der Waals surface area contributed by atoms with Crippen LogP contribution in [0.5, 0.6) is 0 Å². The van der Waals surface area contributed by atoms with Gasteiger partial charge in [-0.1, -0.05) is 30.3 Å². The fourth-order valence-electron chi connectivity index (χ4n) is 2.77. The van der Waals surface area contributed by atoms with E-state index in [-0.39, 0.29) is 0 Å². The van der Waals surface area contributed by atoms with Gasteiger partial charge in [-0.3, -0.25) is 9.89 Å². The Morgan fingerprint density at radius 1 is 1.37 bits per heavy atom. The molecule has 1 aromatic carbocycles. The van der Waals surface area contributed by atoms with Crippen LogP contribution in [0.3, 0.4) is 0 Å². The summed E-state index contributed by atoms with van der Waals surface area (Å²) >= 11 is 0. The number of rotatable bonds is 3. The van der Waals surface area contributed by atoms with E-state index in [0.717, 1.165) is 32.1 Å². The van der Waals surface area contributed by atoms with E-state index in [1.807, 2.05) is 0 Å². The molecule has 2 aliphatic rings. The predicted molar refractivity (Wildman–Crippen MR) is 78.2 cm³/mol. The molecule has 0 saturated carbocycles. The molecule has 4 nitrogen and oxygen atoms in total. The molecule has 0 radical (unpaired) electrons. The van der Waals surface area contributed by atoms with Crippen LogP contribution >= 0.6 is 0 Å². The minimum atomic E-state index is 0.476. The molecule has 0 aromatic heterocycles. The number of hydrogen-bond donors (Lipinski definition) is 2. The molecular weight excluding hydrogens is 236 g/mol. The predicted octanol–water partition coefficient (Wildman–Crippen LogP) is 1.20. The first-order valence-electron chi connectivity index (χ1n) is 7.13. The van der Waals surface area contributed by atoms with Gasteiger partial charge in [-0.05, 0) is 18.9 Å². The minimum absolute atomic E-state index is 0.476. The molecule has 102 valence electrons. The average molecular weight is 258 g/mol. The Morgan fingerprint density at radius 2 is 2.21 bits per heavy atom. The van der Waals surface area contributed by atoms with Gasteiger partial charge in [-0.15, -0.1) is 0 Å². The number of hydrogen-bond acceptors (Lipinski definition) is 4. The van der Waals surface area contributed by atoms with E-state index in [9.17, 15) is 0 Å². The summed E-state index contributed by atoms with van der Waals surface area (Å²) in [4.78, 5) is 6.97.